The highest BCUT2D eigenvalue weighted by Gasteiger charge is 2.33. The van der Waals surface area contributed by atoms with Gasteiger partial charge >= 0.3 is 0 Å². The average molecular weight is 476 g/mol. The number of benzene rings is 1. The maximum absolute atomic E-state index is 14.3. The molecule has 0 unspecified atom stereocenters. The third kappa shape index (κ3) is 3.55. The SMILES string of the molecule is Cc1c(S(=O)(=O)N2CCn3nccc3C2)cc(C(=O)NCc2c(F)ccc3c2OCO3)n1C. The first-order valence-corrected chi connectivity index (χ1v) is 11.7. The van der Waals surface area contributed by atoms with Crippen molar-refractivity contribution in [3.8, 4) is 11.5 Å². The van der Waals surface area contributed by atoms with Crippen molar-refractivity contribution >= 4 is 15.9 Å². The lowest BCUT2D eigenvalue weighted by molar-refractivity contribution is 0.0942. The van der Waals surface area contributed by atoms with E-state index in [1.54, 1.807) is 30.9 Å². The third-order valence-electron chi connectivity index (χ3n) is 6.05. The summed E-state index contributed by atoms with van der Waals surface area (Å²) in [6.45, 7) is 2.44. The van der Waals surface area contributed by atoms with Gasteiger partial charge in [-0.1, -0.05) is 0 Å². The molecule has 0 radical (unpaired) electrons. The van der Waals surface area contributed by atoms with Crippen LogP contribution in [0.2, 0.25) is 0 Å². The van der Waals surface area contributed by atoms with E-state index in [9.17, 15) is 17.6 Å². The number of carbonyl (C=O) groups is 1. The number of carbonyl (C=O) groups excluding carboxylic acids is 1. The molecule has 5 rings (SSSR count). The summed E-state index contributed by atoms with van der Waals surface area (Å²) < 4.78 is 56.3. The summed E-state index contributed by atoms with van der Waals surface area (Å²) in [4.78, 5) is 13.0. The molecule has 4 heterocycles. The van der Waals surface area contributed by atoms with E-state index in [2.05, 4.69) is 10.4 Å². The molecular formula is C21H22FN5O5S. The monoisotopic (exact) mass is 475 g/mol. The molecule has 1 aromatic carbocycles. The van der Waals surface area contributed by atoms with Crippen molar-refractivity contribution in [1.82, 2.24) is 24.0 Å². The number of rotatable bonds is 5. The van der Waals surface area contributed by atoms with E-state index in [4.69, 9.17) is 9.47 Å². The second-order valence-electron chi connectivity index (χ2n) is 7.86. The van der Waals surface area contributed by atoms with Gasteiger partial charge in [-0.15, -0.1) is 0 Å². The number of amides is 1. The fraction of sp³-hybridized carbons (Fsp3) is 0.333. The van der Waals surface area contributed by atoms with Crippen molar-refractivity contribution in [3.63, 3.8) is 0 Å². The summed E-state index contributed by atoms with van der Waals surface area (Å²) in [5.41, 5.74) is 1.56. The molecule has 0 bridgehead atoms. The molecule has 0 aliphatic carbocycles. The zero-order chi connectivity index (χ0) is 23.3. The minimum Gasteiger partial charge on any atom is -0.454 e. The van der Waals surface area contributed by atoms with Gasteiger partial charge in [-0.2, -0.15) is 9.40 Å². The lowest BCUT2D eigenvalue weighted by atomic mass is 10.1. The van der Waals surface area contributed by atoms with E-state index in [1.807, 2.05) is 0 Å². The maximum atomic E-state index is 14.3. The molecule has 0 saturated carbocycles. The molecule has 0 spiro atoms. The van der Waals surface area contributed by atoms with Gasteiger partial charge in [-0.05, 0) is 31.2 Å². The fourth-order valence-corrected chi connectivity index (χ4v) is 5.76. The molecule has 10 nitrogen and oxygen atoms in total. The molecule has 3 aromatic rings. The number of aromatic nitrogens is 3. The number of ether oxygens (including phenoxy) is 2. The van der Waals surface area contributed by atoms with Gasteiger partial charge in [0.05, 0.1) is 24.3 Å². The predicted molar refractivity (Wildman–Crippen MR) is 114 cm³/mol. The first-order chi connectivity index (χ1) is 15.8. The Balaban J connectivity index is 1.38. The Bertz CT molecular complexity index is 1360. The Hall–Kier alpha value is -3.38. The van der Waals surface area contributed by atoms with Crippen LogP contribution in [0.25, 0.3) is 0 Å². The van der Waals surface area contributed by atoms with E-state index in [-0.39, 0.29) is 48.3 Å². The summed E-state index contributed by atoms with van der Waals surface area (Å²) in [5, 5.41) is 6.83. The van der Waals surface area contributed by atoms with E-state index in [1.165, 1.54) is 27.1 Å². The van der Waals surface area contributed by atoms with Crippen molar-refractivity contribution < 1.29 is 27.1 Å². The molecule has 2 aromatic heterocycles. The molecule has 2 aliphatic rings. The van der Waals surface area contributed by atoms with Gasteiger partial charge in [0.25, 0.3) is 5.91 Å². The number of hydrogen-bond acceptors (Lipinski definition) is 6. The van der Waals surface area contributed by atoms with Crippen molar-refractivity contribution in [3.05, 3.63) is 58.9 Å². The molecule has 0 fully saturated rings. The van der Waals surface area contributed by atoms with Gasteiger partial charge < -0.3 is 19.4 Å². The third-order valence-corrected chi connectivity index (χ3v) is 8.01. The maximum Gasteiger partial charge on any atom is 0.268 e. The van der Waals surface area contributed by atoms with Gasteiger partial charge in [0.15, 0.2) is 11.5 Å². The summed E-state index contributed by atoms with van der Waals surface area (Å²) in [5.74, 6) is -0.400. The Labute approximate surface area is 189 Å². The number of fused-ring (bicyclic) bond motifs is 2. The van der Waals surface area contributed by atoms with E-state index in [0.717, 1.165) is 5.69 Å². The lowest BCUT2D eigenvalue weighted by Crippen LogP contribution is -2.38. The number of hydrogen-bond donors (Lipinski definition) is 1. The van der Waals surface area contributed by atoms with Crippen LogP contribution in [0.3, 0.4) is 0 Å². The zero-order valence-corrected chi connectivity index (χ0v) is 18.9. The number of nitrogens with one attached hydrogen (secondary N) is 1. The van der Waals surface area contributed by atoms with Crippen LogP contribution in [-0.2, 0) is 36.7 Å². The normalized spacial score (nSPS) is 15.5. The average Bonchev–Trinajstić information content (AvgIpc) is 3.52. The highest BCUT2D eigenvalue weighted by Crippen LogP contribution is 2.37. The molecule has 1 amide bonds. The highest BCUT2D eigenvalue weighted by atomic mass is 32.2. The minimum atomic E-state index is -3.84. The van der Waals surface area contributed by atoms with Crippen molar-refractivity contribution in [2.45, 2.75) is 31.5 Å². The van der Waals surface area contributed by atoms with E-state index >= 15 is 0 Å². The molecule has 174 valence electrons. The quantitative estimate of drug-likeness (QED) is 0.600. The topological polar surface area (TPSA) is 108 Å². The summed E-state index contributed by atoms with van der Waals surface area (Å²) in [7, 11) is -2.22. The van der Waals surface area contributed by atoms with Gasteiger partial charge in [-0.3, -0.25) is 9.48 Å². The number of nitrogens with zero attached hydrogens (tertiary/aromatic N) is 4. The van der Waals surface area contributed by atoms with Crippen LogP contribution in [0.5, 0.6) is 11.5 Å². The van der Waals surface area contributed by atoms with Crippen LogP contribution in [0.4, 0.5) is 4.39 Å². The van der Waals surface area contributed by atoms with Gasteiger partial charge in [0, 0.05) is 32.0 Å². The fourth-order valence-electron chi connectivity index (χ4n) is 4.09. The summed E-state index contributed by atoms with van der Waals surface area (Å²) >= 11 is 0. The molecule has 33 heavy (non-hydrogen) atoms. The van der Waals surface area contributed by atoms with Crippen LogP contribution in [-0.4, -0.2) is 46.3 Å². The first-order valence-electron chi connectivity index (χ1n) is 10.3. The number of sulfonamides is 1. The Kier molecular flexibility index (Phi) is 5.13. The van der Waals surface area contributed by atoms with Crippen molar-refractivity contribution in [1.29, 1.82) is 0 Å². The Morgan fingerprint density at radius 1 is 1.24 bits per heavy atom. The van der Waals surface area contributed by atoms with Crippen LogP contribution < -0.4 is 14.8 Å². The summed E-state index contributed by atoms with van der Waals surface area (Å²) in [6.07, 6.45) is 1.64. The Morgan fingerprint density at radius 3 is 2.88 bits per heavy atom. The van der Waals surface area contributed by atoms with Crippen LogP contribution in [0, 0.1) is 12.7 Å². The van der Waals surface area contributed by atoms with Crippen LogP contribution in [0.15, 0.2) is 35.4 Å². The second kappa shape index (κ2) is 7.89. The van der Waals surface area contributed by atoms with Gasteiger partial charge in [0.2, 0.25) is 16.8 Å². The molecule has 12 heteroatoms. The molecule has 1 N–H and O–H groups in total. The van der Waals surface area contributed by atoms with Crippen molar-refractivity contribution in [2.24, 2.45) is 7.05 Å². The highest BCUT2D eigenvalue weighted by molar-refractivity contribution is 7.89. The lowest BCUT2D eigenvalue weighted by Gasteiger charge is -2.26. The van der Waals surface area contributed by atoms with E-state index < -0.39 is 21.7 Å². The first kappa shape index (κ1) is 21.5. The minimum absolute atomic E-state index is 0.0186. The molecule has 2 aliphatic heterocycles. The van der Waals surface area contributed by atoms with Crippen LogP contribution >= 0.6 is 0 Å². The molecule has 0 atom stereocenters. The summed E-state index contributed by atoms with van der Waals surface area (Å²) in [6, 6.07) is 5.86. The largest absolute Gasteiger partial charge is 0.454 e. The standard InChI is InChI=1S/C21H22FN5O5S/c1-13-19(33(29,30)26-7-8-27-14(11-26)5-6-24-27)9-17(25(13)2)21(28)23-10-15-16(22)3-4-18-20(15)32-12-31-18/h3-6,9H,7-8,10-12H2,1-2H3,(H,23,28). The predicted octanol–water partition coefficient (Wildman–Crippen LogP) is 1.53. The zero-order valence-electron chi connectivity index (χ0n) is 18.0. The van der Waals surface area contributed by atoms with Gasteiger partial charge in [-0.25, -0.2) is 12.8 Å². The van der Waals surface area contributed by atoms with Crippen LogP contribution in [0.1, 0.15) is 27.4 Å². The van der Waals surface area contributed by atoms with Gasteiger partial charge in [0.1, 0.15) is 16.4 Å². The Morgan fingerprint density at radius 2 is 2.06 bits per heavy atom. The molecule has 0 saturated heterocycles. The molecular weight excluding hydrogens is 453 g/mol. The van der Waals surface area contributed by atoms with Crippen molar-refractivity contribution in [2.75, 3.05) is 13.3 Å². The van der Waals surface area contributed by atoms with E-state index in [0.29, 0.717) is 18.0 Å². The number of halogens is 1. The smallest absolute Gasteiger partial charge is 0.268 e. The second-order valence-corrected chi connectivity index (χ2v) is 9.77.